The van der Waals surface area contributed by atoms with Crippen LogP contribution in [-0.2, 0) is 6.42 Å². The van der Waals surface area contributed by atoms with Crippen LogP contribution < -0.4 is 20.1 Å². The van der Waals surface area contributed by atoms with Crippen molar-refractivity contribution in [3.8, 4) is 11.5 Å². The van der Waals surface area contributed by atoms with E-state index in [0.717, 1.165) is 36.5 Å². The molecule has 1 aromatic carbocycles. The number of nitrogens with zero attached hydrogens (tertiary/aromatic N) is 2. The third-order valence-electron chi connectivity index (χ3n) is 4.03. The fourth-order valence-electron chi connectivity index (χ4n) is 2.67. The second kappa shape index (κ2) is 9.70. The van der Waals surface area contributed by atoms with Gasteiger partial charge in [0.15, 0.2) is 17.5 Å². The smallest absolute Gasteiger partial charge is 0.195 e. The molecule has 0 saturated heterocycles. The van der Waals surface area contributed by atoms with Crippen molar-refractivity contribution in [3.05, 3.63) is 35.2 Å². The molecule has 7 heteroatoms. The molecule has 0 fully saturated rings. The van der Waals surface area contributed by atoms with Crippen molar-refractivity contribution in [2.75, 3.05) is 32.6 Å². The lowest BCUT2D eigenvalue weighted by Crippen LogP contribution is -2.31. The number of methoxy groups -OCH3 is 1. The summed E-state index contributed by atoms with van der Waals surface area (Å²) in [5, 5.41) is 10.6. The minimum Gasteiger partial charge on any atom is -0.493 e. The van der Waals surface area contributed by atoms with E-state index in [1.165, 1.54) is 5.56 Å². The molecular formula is C19H28N4O3. The molecule has 0 aliphatic carbocycles. The Balaban J connectivity index is 1.88. The SMILES string of the molecule is CCOc1cc(NC(=NC)NCCCc2c(C)noc2C)ccc1OC. The molecule has 0 aliphatic heterocycles. The highest BCUT2D eigenvalue weighted by Crippen LogP contribution is 2.30. The zero-order valence-corrected chi connectivity index (χ0v) is 16.2. The average molecular weight is 360 g/mol. The van der Waals surface area contributed by atoms with Crippen molar-refractivity contribution in [2.45, 2.75) is 33.6 Å². The summed E-state index contributed by atoms with van der Waals surface area (Å²) in [6.07, 6.45) is 1.87. The standard InChI is InChI=1S/C19H28N4O3/c1-6-25-18-12-15(9-10-17(18)24-5)22-19(20-4)21-11-7-8-16-13(2)23-26-14(16)3/h9-10,12H,6-8,11H2,1-5H3,(H2,20,21,22). The number of nitrogens with one attached hydrogen (secondary N) is 2. The summed E-state index contributed by atoms with van der Waals surface area (Å²) in [5.74, 6) is 3.01. The van der Waals surface area contributed by atoms with Gasteiger partial charge in [-0.1, -0.05) is 5.16 Å². The third kappa shape index (κ3) is 5.15. The summed E-state index contributed by atoms with van der Waals surface area (Å²) in [6, 6.07) is 5.70. The molecule has 1 aromatic heterocycles. The number of hydrogen-bond acceptors (Lipinski definition) is 5. The predicted molar refractivity (Wildman–Crippen MR) is 103 cm³/mol. The Morgan fingerprint density at radius 2 is 2.08 bits per heavy atom. The molecule has 0 bridgehead atoms. The van der Waals surface area contributed by atoms with Gasteiger partial charge in [-0.05, 0) is 45.7 Å². The predicted octanol–water partition coefficient (Wildman–Crippen LogP) is 3.32. The molecule has 0 spiro atoms. The maximum Gasteiger partial charge on any atom is 0.195 e. The molecule has 0 aliphatic rings. The zero-order valence-electron chi connectivity index (χ0n) is 16.2. The maximum absolute atomic E-state index is 5.61. The van der Waals surface area contributed by atoms with E-state index in [4.69, 9.17) is 14.0 Å². The zero-order chi connectivity index (χ0) is 18.9. The van der Waals surface area contributed by atoms with Crippen LogP contribution in [0, 0.1) is 13.8 Å². The van der Waals surface area contributed by atoms with Crippen molar-refractivity contribution < 1.29 is 14.0 Å². The number of anilines is 1. The fraction of sp³-hybridized carbons (Fsp3) is 0.474. The monoisotopic (exact) mass is 360 g/mol. The Kier molecular flexibility index (Phi) is 7.32. The second-order valence-electron chi connectivity index (χ2n) is 5.83. The van der Waals surface area contributed by atoms with Crippen LogP contribution in [0.3, 0.4) is 0 Å². The first-order chi connectivity index (χ1) is 12.6. The highest BCUT2D eigenvalue weighted by Gasteiger charge is 2.09. The van der Waals surface area contributed by atoms with Crippen molar-refractivity contribution in [2.24, 2.45) is 4.99 Å². The first-order valence-corrected chi connectivity index (χ1v) is 8.79. The fourth-order valence-corrected chi connectivity index (χ4v) is 2.67. The average Bonchev–Trinajstić information content (AvgIpc) is 2.96. The number of aliphatic imine (C=N–C) groups is 1. The van der Waals surface area contributed by atoms with Crippen molar-refractivity contribution >= 4 is 11.6 Å². The Morgan fingerprint density at radius 3 is 2.69 bits per heavy atom. The highest BCUT2D eigenvalue weighted by molar-refractivity contribution is 5.93. The van der Waals surface area contributed by atoms with E-state index in [9.17, 15) is 0 Å². The third-order valence-corrected chi connectivity index (χ3v) is 4.03. The second-order valence-corrected chi connectivity index (χ2v) is 5.83. The summed E-state index contributed by atoms with van der Waals surface area (Å²) in [4.78, 5) is 4.26. The minimum atomic E-state index is 0.578. The number of rotatable bonds is 8. The number of benzene rings is 1. The van der Waals surface area contributed by atoms with Gasteiger partial charge in [-0.15, -0.1) is 0 Å². The van der Waals surface area contributed by atoms with E-state index in [1.807, 2.05) is 39.0 Å². The van der Waals surface area contributed by atoms with Crippen LogP contribution in [0.4, 0.5) is 5.69 Å². The van der Waals surface area contributed by atoms with E-state index in [2.05, 4.69) is 20.8 Å². The summed E-state index contributed by atoms with van der Waals surface area (Å²) in [6.45, 7) is 7.23. The molecular weight excluding hydrogens is 332 g/mol. The summed E-state index contributed by atoms with van der Waals surface area (Å²) in [7, 11) is 3.38. The van der Waals surface area contributed by atoms with Gasteiger partial charge < -0.3 is 24.6 Å². The summed E-state index contributed by atoms with van der Waals surface area (Å²) >= 11 is 0. The van der Waals surface area contributed by atoms with Crippen LogP contribution in [0.1, 0.15) is 30.4 Å². The molecule has 0 saturated carbocycles. The molecule has 2 N–H and O–H groups in total. The summed E-state index contributed by atoms with van der Waals surface area (Å²) in [5.41, 5.74) is 3.03. The molecule has 0 unspecified atom stereocenters. The van der Waals surface area contributed by atoms with Gasteiger partial charge in [0.2, 0.25) is 0 Å². The van der Waals surface area contributed by atoms with Crippen molar-refractivity contribution in [3.63, 3.8) is 0 Å². The quantitative estimate of drug-likeness (QED) is 0.427. The van der Waals surface area contributed by atoms with Crippen molar-refractivity contribution in [1.82, 2.24) is 10.5 Å². The van der Waals surface area contributed by atoms with Crippen LogP contribution in [0.2, 0.25) is 0 Å². The highest BCUT2D eigenvalue weighted by atomic mass is 16.5. The van der Waals surface area contributed by atoms with Gasteiger partial charge in [-0.25, -0.2) is 0 Å². The molecule has 2 aromatic rings. The number of hydrogen-bond donors (Lipinski definition) is 2. The molecule has 1 heterocycles. The maximum atomic E-state index is 5.61. The number of guanidine groups is 1. The lowest BCUT2D eigenvalue weighted by atomic mass is 10.1. The number of aromatic nitrogens is 1. The van der Waals surface area contributed by atoms with Gasteiger partial charge in [0, 0.05) is 30.9 Å². The minimum absolute atomic E-state index is 0.578. The number of aryl methyl sites for hydroxylation is 2. The van der Waals surface area contributed by atoms with Crippen LogP contribution in [0.5, 0.6) is 11.5 Å². The van der Waals surface area contributed by atoms with E-state index in [1.54, 1.807) is 14.2 Å². The van der Waals surface area contributed by atoms with E-state index < -0.39 is 0 Å². The van der Waals surface area contributed by atoms with E-state index in [0.29, 0.717) is 24.1 Å². The molecule has 0 amide bonds. The number of ether oxygens (including phenoxy) is 2. The van der Waals surface area contributed by atoms with Gasteiger partial charge >= 0.3 is 0 Å². The van der Waals surface area contributed by atoms with Gasteiger partial charge in [0.05, 0.1) is 19.4 Å². The lowest BCUT2D eigenvalue weighted by molar-refractivity contribution is 0.311. The molecule has 0 radical (unpaired) electrons. The Morgan fingerprint density at radius 1 is 1.27 bits per heavy atom. The summed E-state index contributed by atoms with van der Waals surface area (Å²) < 4.78 is 16.1. The Labute approximate surface area is 154 Å². The molecule has 7 nitrogen and oxygen atoms in total. The van der Waals surface area contributed by atoms with Gasteiger partial charge in [0.25, 0.3) is 0 Å². The lowest BCUT2D eigenvalue weighted by Gasteiger charge is -2.14. The van der Waals surface area contributed by atoms with Gasteiger partial charge in [-0.2, -0.15) is 0 Å². The largest absolute Gasteiger partial charge is 0.493 e. The first-order valence-electron chi connectivity index (χ1n) is 8.79. The van der Waals surface area contributed by atoms with Crippen LogP contribution >= 0.6 is 0 Å². The molecule has 2 rings (SSSR count). The van der Waals surface area contributed by atoms with Crippen LogP contribution in [0.25, 0.3) is 0 Å². The normalized spacial score (nSPS) is 11.3. The Bertz CT molecular complexity index is 721. The molecule has 26 heavy (non-hydrogen) atoms. The van der Waals surface area contributed by atoms with Gasteiger partial charge in [0.1, 0.15) is 5.76 Å². The molecule has 142 valence electrons. The van der Waals surface area contributed by atoms with Crippen molar-refractivity contribution in [1.29, 1.82) is 0 Å². The first kappa shape index (κ1) is 19.6. The Hall–Kier alpha value is -2.70. The van der Waals surface area contributed by atoms with Gasteiger partial charge in [-0.3, -0.25) is 4.99 Å². The topological polar surface area (TPSA) is 80.9 Å². The molecule has 0 atom stereocenters. The van der Waals surface area contributed by atoms with Crippen LogP contribution in [0.15, 0.2) is 27.7 Å². The van der Waals surface area contributed by atoms with Crippen LogP contribution in [-0.4, -0.2) is 38.4 Å². The van der Waals surface area contributed by atoms with E-state index in [-0.39, 0.29) is 0 Å². The van der Waals surface area contributed by atoms with E-state index >= 15 is 0 Å².